The quantitative estimate of drug-likeness (QED) is 0.768. The Morgan fingerprint density at radius 2 is 1.88 bits per heavy atom. The fourth-order valence-electron chi connectivity index (χ4n) is 2.04. The van der Waals surface area contributed by atoms with Crippen LogP contribution in [0, 0.1) is 6.92 Å². The maximum atomic E-state index is 12.3. The molecule has 0 aliphatic rings. The van der Waals surface area contributed by atoms with Gasteiger partial charge >= 0.3 is 0 Å². The third kappa shape index (κ3) is 4.39. The zero-order valence-electron chi connectivity index (χ0n) is 13.5. The predicted molar refractivity (Wildman–Crippen MR) is 92.3 cm³/mol. The maximum absolute atomic E-state index is 12.3. The number of rotatable bonds is 5. The molecule has 8 heteroatoms. The topological polar surface area (TPSA) is 105 Å². The average Bonchev–Trinajstić information content (AvgIpc) is 2.48. The first kappa shape index (κ1) is 17.6. The number of amides is 1. The summed E-state index contributed by atoms with van der Waals surface area (Å²) in [5.41, 5.74) is 1.56. The predicted octanol–water partition coefficient (Wildman–Crippen LogP) is 2.33. The molecule has 1 amide bonds. The molecule has 0 aliphatic carbocycles. The lowest BCUT2D eigenvalue weighted by Gasteiger charge is -2.12. The van der Waals surface area contributed by atoms with E-state index in [4.69, 9.17) is 4.74 Å². The maximum Gasteiger partial charge on any atom is 0.259 e. The largest absolute Gasteiger partial charge is 0.507 e. The Morgan fingerprint density at radius 1 is 1.17 bits per heavy atom. The van der Waals surface area contributed by atoms with Crippen LogP contribution >= 0.6 is 0 Å². The number of phenolic OH excluding ortho intramolecular Hbond substituents is 1. The van der Waals surface area contributed by atoms with Crippen molar-refractivity contribution >= 4 is 27.3 Å². The molecule has 0 atom stereocenters. The van der Waals surface area contributed by atoms with Gasteiger partial charge in [0.25, 0.3) is 5.91 Å². The highest BCUT2D eigenvalue weighted by Gasteiger charge is 2.13. The van der Waals surface area contributed by atoms with Gasteiger partial charge in [-0.15, -0.1) is 0 Å². The van der Waals surface area contributed by atoms with Crippen LogP contribution in [0.15, 0.2) is 36.4 Å². The summed E-state index contributed by atoms with van der Waals surface area (Å²) in [6, 6.07) is 9.15. The lowest BCUT2D eigenvalue weighted by Crippen LogP contribution is -2.14. The van der Waals surface area contributed by atoms with Gasteiger partial charge in [-0.25, -0.2) is 8.42 Å². The second-order valence-electron chi connectivity index (χ2n) is 5.24. The second-order valence-corrected chi connectivity index (χ2v) is 6.99. The van der Waals surface area contributed by atoms with E-state index in [9.17, 15) is 18.3 Å². The van der Waals surface area contributed by atoms with Gasteiger partial charge < -0.3 is 15.2 Å². The molecule has 0 bridgehead atoms. The third-order valence-electron chi connectivity index (χ3n) is 3.24. The number of carbonyl (C=O) groups excluding carboxylic acids is 1. The fraction of sp³-hybridized carbons (Fsp3) is 0.188. The normalized spacial score (nSPS) is 11.0. The van der Waals surface area contributed by atoms with Crippen LogP contribution in [0.4, 0.5) is 11.4 Å². The van der Waals surface area contributed by atoms with E-state index < -0.39 is 15.9 Å². The van der Waals surface area contributed by atoms with Crippen molar-refractivity contribution in [2.75, 3.05) is 23.4 Å². The van der Waals surface area contributed by atoms with Crippen molar-refractivity contribution in [1.29, 1.82) is 0 Å². The Bertz CT molecular complexity index is 878. The van der Waals surface area contributed by atoms with Gasteiger partial charge in [-0.2, -0.15) is 0 Å². The molecule has 0 fully saturated rings. The number of methoxy groups -OCH3 is 1. The highest BCUT2D eigenvalue weighted by molar-refractivity contribution is 7.92. The van der Waals surface area contributed by atoms with E-state index in [-0.39, 0.29) is 11.3 Å². The smallest absolute Gasteiger partial charge is 0.259 e. The molecule has 0 spiro atoms. The van der Waals surface area contributed by atoms with Crippen molar-refractivity contribution in [3.05, 3.63) is 47.5 Å². The van der Waals surface area contributed by atoms with Gasteiger partial charge in [-0.05, 0) is 36.8 Å². The minimum absolute atomic E-state index is 0.0778. The second kappa shape index (κ2) is 6.79. The zero-order valence-corrected chi connectivity index (χ0v) is 14.3. The lowest BCUT2D eigenvalue weighted by molar-refractivity contribution is 0.102. The van der Waals surface area contributed by atoms with Gasteiger partial charge in [0.05, 0.1) is 24.6 Å². The van der Waals surface area contributed by atoms with Crippen LogP contribution in [-0.2, 0) is 10.0 Å². The summed E-state index contributed by atoms with van der Waals surface area (Å²) in [4.78, 5) is 12.3. The van der Waals surface area contributed by atoms with E-state index in [0.717, 1.165) is 6.26 Å². The number of hydrogen-bond donors (Lipinski definition) is 3. The third-order valence-corrected chi connectivity index (χ3v) is 3.83. The van der Waals surface area contributed by atoms with Gasteiger partial charge in [0.1, 0.15) is 11.5 Å². The molecule has 2 aromatic carbocycles. The molecule has 0 aromatic heterocycles. The van der Waals surface area contributed by atoms with Crippen LogP contribution < -0.4 is 14.8 Å². The van der Waals surface area contributed by atoms with Crippen molar-refractivity contribution in [2.45, 2.75) is 6.92 Å². The number of aryl methyl sites for hydroxylation is 1. The number of hydrogen-bond acceptors (Lipinski definition) is 5. The highest BCUT2D eigenvalue weighted by atomic mass is 32.2. The molecule has 0 radical (unpaired) electrons. The first-order chi connectivity index (χ1) is 11.2. The molecule has 2 rings (SSSR count). The molecular weight excluding hydrogens is 332 g/mol. The van der Waals surface area contributed by atoms with Gasteiger partial charge in [0.2, 0.25) is 10.0 Å². The molecule has 3 N–H and O–H groups in total. The number of anilines is 2. The fourth-order valence-corrected chi connectivity index (χ4v) is 2.66. The summed E-state index contributed by atoms with van der Waals surface area (Å²) in [5, 5.41) is 12.5. The molecule has 128 valence electrons. The number of benzene rings is 2. The van der Waals surface area contributed by atoms with Gasteiger partial charge in [-0.1, -0.05) is 6.07 Å². The molecule has 0 heterocycles. The van der Waals surface area contributed by atoms with Crippen LogP contribution in [-0.4, -0.2) is 32.8 Å². The van der Waals surface area contributed by atoms with Crippen LogP contribution in [0.5, 0.6) is 11.5 Å². The molecule has 0 aliphatic heterocycles. The Balaban J connectivity index is 2.25. The van der Waals surface area contributed by atoms with Gasteiger partial charge in [0, 0.05) is 11.8 Å². The standard InChI is InChI=1S/C16H18N2O5S/c1-10-4-5-11(8-14(10)18-24(3,21)22)17-16(20)13-7-6-12(23-2)9-15(13)19/h4-9,18-19H,1-3H3,(H,17,20). The van der Waals surface area contributed by atoms with Crippen LogP contribution in [0.3, 0.4) is 0 Å². The summed E-state index contributed by atoms with van der Waals surface area (Å²) in [6.45, 7) is 1.74. The van der Waals surface area contributed by atoms with E-state index in [1.165, 1.54) is 25.3 Å². The molecule has 0 saturated heterocycles. The molecule has 7 nitrogen and oxygen atoms in total. The molecule has 0 saturated carbocycles. The molecule has 2 aromatic rings. The number of carbonyl (C=O) groups is 1. The van der Waals surface area contributed by atoms with Crippen LogP contribution in [0.25, 0.3) is 0 Å². The highest BCUT2D eigenvalue weighted by Crippen LogP contribution is 2.26. The van der Waals surface area contributed by atoms with Crippen LogP contribution in [0.1, 0.15) is 15.9 Å². The zero-order chi connectivity index (χ0) is 17.9. The SMILES string of the molecule is COc1ccc(C(=O)Nc2ccc(C)c(NS(C)(=O)=O)c2)c(O)c1. The van der Waals surface area contributed by atoms with Crippen LogP contribution in [0.2, 0.25) is 0 Å². The minimum atomic E-state index is -3.43. The summed E-state index contributed by atoms with van der Waals surface area (Å²) in [5.74, 6) is -0.309. The number of sulfonamides is 1. The first-order valence-corrected chi connectivity index (χ1v) is 8.85. The first-order valence-electron chi connectivity index (χ1n) is 6.96. The Labute approximate surface area is 140 Å². The van der Waals surface area contributed by atoms with Crippen molar-refractivity contribution in [3.8, 4) is 11.5 Å². The summed E-state index contributed by atoms with van der Waals surface area (Å²) in [6.07, 6.45) is 1.05. The Morgan fingerprint density at radius 3 is 2.46 bits per heavy atom. The van der Waals surface area contributed by atoms with E-state index in [2.05, 4.69) is 10.0 Å². The van der Waals surface area contributed by atoms with Gasteiger partial charge in [-0.3, -0.25) is 9.52 Å². The molecular formula is C16H18N2O5S. The summed E-state index contributed by atoms with van der Waals surface area (Å²) in [7, 11) is -1.97. The number of aromatic hydroxyl groups is 1. The van der Waals surface area contributed by atoms with E-state index >= 15 is 0 Å². The van der Waals surface area contributed by atoms with Crippen molar-refractivity contribution in [1.82, 2.24) is 0 Å². The monoisotopic (exact) mass is 350 g/mol. The molecule has 24 heavy (non-hydrogen) atoms. The lowest BCUT2D eigenvalue weighted by atomic mass is 10.1. The number of phenols is 1. The number of nitrogens with one attached hydrogen (secondary N) is 2. The van der Waals surface area contributed by atoms with Gasteiger partial charge in [0.15, 0.2) is 0 Å². The number of ether oxygens (including phenoxy) is 1. The van der Waals surface area contributed by atoms with E-state index in [1.807, 2.05) is 0 Å². The Hall–Kier alpha value is -2.74. The van der Waals surface area contributed by atoms with Crippen molar-refractivity contribution < 1.29 is 23.1 Å². The summed E-state index contributed by atoms with van der Waals surface area (Å²) >= 11 is 0. The van der Waals surface area contributed by atoms with Crippen molar-refractivity contribution in [3.63, 3.8) is 0 Å². The van der Waals surface area contributed by atoms with E-state index in [1.54, 1.807) is 25.1 Å². The van der Waals surface area contributed by atoms with E-state index in [0.29, 0.717) is 22.7 Å². The average molecular weight is 350 g/mol. The molecule has 0 unspecified atom stereocenters. The Kier molecular flexibility index (Phi) is 4.99. The summed E-state index contributed by atoms with van der Waals surface area (Å²) < 4.78 is 30.1. The van der Waals surface area contributed by atoms with Crippen molar-refractivity contribution in [2.24, 2.45) is 0 Å². The minimum Gasteiger partial charge on any atom is -0.507 e.